The standard InChI is InChI=1S/C48H76O18/c1-22(2)15-24-16-46(8,57)39-25-9-10-30-44(6)13-12-31(43(4,5)29(44)11-14-45(30,7)47(25)20-48(39,66-24)60-21-47)63-41-38(61-23(3)50)36(27(52)19-59-41)64-42-37(34(55)33(54)28(17-49)62-42)65-40-35(56)32(53)26(51)18-58-40/h15,24-42,49,51-57H,9-14,16-21H2,1-8H3/t24-,25+,26+,27-,28+,29-,30+,31-,32-,33+,34-,35+,36-,37+,38+,39-,40-,41-,42-,44-,45+,46-,47-,48-/m0/s1. The summed E-state index contributed by atoms with van der Waals surface area (Å²) in [6, 6.07) is 0. The lowest BCUT2D eigenvalue weighted by Gasteiger charge is -2.70. The van der Waals surface area contributed by atoms with Crippen molar-refractivity contribution in [2.75, 3.05) is 26.4 Å². The number of fused-ring (bicyclic) bond motifs is 4. The number of allylic oxidation sites excluding steroid dienone is 1. The number of aliphatic hydroxyl groups is 8. The minimum absolute atomic E-state index is 0.0610. The van der Waals surface area contributed by atoms with Crippen LogP contribution in [0.3, 0.4) is 0 Å². The molecule has 0 aromatic rings. The van der Waals surface area contributed by atoms with Gasteiger partial charge in [-0.3, -0.25) is 4.79 Å². The molecule has 4 aliphatic carbocycles. The maximum Gasteiger partial charge on any atom is 0.303 e. The summed E-state index contributed by atoms with van der Waals surface area (Å²) >= 11 is 0. The van der Waals surface area contributed by atoms with E-state index >= 15 is 0 Å². The van der Waals surface area contributed by atoms with Gasteiger partial charge in [0.2, 0.25) is 0 Å². The number of esters is 1. The van der Waals surface area contributed by atoms with E-state index in [2.05, 4.69) is 47.6 Å². The van der Waals surface area contributed by atoms with E-state index < -0.39 is 116 Å². The number of hydrogen-bond donors (Lipinski definition) is 8. The first-order valence-corrected chi connectivity index (χ1v) is 24.3. The molecule has 376 valence electrons. The summed E-state index contributed by atoms with van der Waals surface area (Å²) in [5, 5.41) is 86.7. The number of hydrogen-bond acceptors (Lipinski definition) is 18. The van der Waals surface area contributed by atoms with Crippen molar-refractivity contribution in [2.45, 2.75) is 210 Å². The minimum Gasteiger partial charge on any atom is -0.454 e. The summed E-state index contributed by atoms with van der Waals surface area (Å²) in [5.41, 5.74) is -0.438. The van der Waals surface area contributed by atoms with E-state index in [-0.39, 0.29) is 52.8 Å². The Bertz CT molecular complexity index is 1830. The van der Waals surface area contributed by atoms with Crippen molar-refractivity contribution in [3.05, 3.63) is 11.6 Å². The van der Waals surface area contributed by atoms with Crippen LogP contribution in [0.5, 0.6) is 0 Å². The van der Waals surface area contributed by atoms with Gasteiger partial charge in [0.15, 0.2) is 30.8 Å². The lowest BCUT2D eigenvalue weighted by molar-refractivity contribution is -0.381. The molecule has 5 heterocycles. The predicted molar refractivity (Wildman–Crippen MR) is 228 cm³/mol. The Kier molecular flexibility index (Phi) is 13.1. The fourth-order valence-corrected chi connectivity index (χ4v) is 15.8. The van der Waals surface area contributed by atoms with Gasteiger partial charge in [-0.05, 0) is 93.3 Å². The van der Waals surface area contributed by atoms with Gasteiger partial charge in [-0.15, -0.1) is 0 Å². The summed E-state index contributed by atoms with van der Waals surface area (Å²) in [6.45, 7) is 15.9. The van der Waals surface area contributed by atoms with Crippen LogP contribution in [0.1, 0.15) is 107 Å². The molecule has 24 atom stereocenters. The van der Waals surface area contributed by atoms with E-state index in [0.29, 0.717) is 25.4 Å². The van der Waals surface area contributed by atoms with Crippen LogP contribution in [-0.4, -0.2) is 177 Å². The van der Waals surface area contributed by atoms with Crippen molar-refractivity contribution in [3.8, 4) is 0 Å². The van der Waals surface area contributed by atoms with E-state index in [4.69, 9.17) is 42.6 Å². The fraction of sp³-hybridized carbons (Fsp3) is 0.938. The van der Waals surface area contributed by atoms with Gasteiger partial charge in [0, 0.05) is 31.1 Å². The van der Waals surface area contributed by atoms with Crippen molar-refractivity contribution in [3.63, 3.8) is 0 Å². The molecule has 0 amide bonds. The second-order valence-corrected chi connectivity index (χ2v) is 23.1. The van der Waals surface area contributed by atoms with Gasteiger partial charge in [0.25, 0.3) is 0 Å². The first-order valence-electron chi connectivity index (χ1n) is 24.3. The van der Waals surface area contributed by atoms with Gasteiger partial charge in [-0.1, -0.05) is 39.3 Å². The van der Waals surface area contributed by atoms with Crippen molar-refractivity contribution in [1.29, 1.82) is 0 Å². The molecular formula is C48H76O18. The molecule has 9 aliphatic rings. The molecule has 5 saturated heterocycles. The largest absolute Gasteiger partial charge is 0.454 e. The molecule has 18 heteroatoms. The van der Waals surface area contributed by atoms with Gasteiger partial charge >= 0.3 is 5.97 Å². The van der Waals surface area contributed by atoms with Crippen LogP contribution in [0.4, 0.5) is 0 Å². The van der Waals surface area contributed by atoms with Crippen LogP contribution in [0.2, 0.25) is 0 Å². The fourth-order valence-electron chi connectivity index (χ4n) is 15.8. The molecule has 0 aromatic heterocycles. The number of carbonyl (C=O) groups excluding carboxylic acids is 1. The maximum atomic E-state index is 12.8. The normalized spacial score (nSPS) is 55.2. The molecular weight excluding hydrogens is 865 g/mol. The Morgan fingerprint density at radius 1 is 0.742 bits per heavy atom. The van der Waals surface area contributed by atoms with E-state index in [1.54, 1.807) is 0 Å². The summed E-state index contributed by atoms with van der Waals surface area (Å²) in [6.07, 6.45) is -11.7. The third kappa shape index (κ3) is 7.69. The van der Waals surface area contributed by atoms with Crippen molar-refractivity contribution in [2.24, 2.45) is 45.3 Å². The highest BCUT2D eigenvalue weighted by atomic mass is 16.8. The highest BCUT2D eigenvalue weighted by molar-refractivity contribution is 5.66. The lowest BCUT2D eigenvalue weighted by atomic mass is 9.35. The summed E-state index contributed by atoms with van der Waals surface area (Å²) in [4.78, 5) is 12.8. The first kappa shape index (κ1) is 49.5. The van der Waals surface area contributed by atoms with E-state index in [9.17, 15) is 45.6 Å². The molecule has 4 saturated carbocycles. The molecule has 9 rings (SSSR count). The smallest absolute Gasteiger partial charge is 0.303 e. The second-order valence-electron chi connectivity index (χ2n) is 23.1. The minimum atomic E-state index is -1.80. The first-order chi connectivity index (χ1) is 30.9. The Hall–Kier alpha value is -1.43. The molecule has 5 aliphatic heterocycles. The van der Waals surface area contributed by atoms with Crippen LogP contribution in [0.15, 0.2) is 11.6 Å². The Morgan fingerprint density at radius 3 is 2.14 bits per heavy atom. The topological polar surface area (TPSA) is 262 Å². The number of carbonyl (C=O) groups is 1. The van der Waals surface area contributed by atoms with Crippen molar-refractivity contribution in [1.82, 2.24) is 0 Å². The van der Waals surface area contributed by atoms with E-state index in [1.807, 2.05) is 6.92 Å². The Morgan fingerprint density at radius 2 is 1.44 bits per heavy atom. The molecule has 2 spiro atoms. The van der Waals surface area contributed by atoms with Crippen LogP contribution >= 0.6 is 0 Å². The molecule has 9 fully saturated rings. The zero-order chi connectivity index (χ0) is 47.7. The predicted octanol–water partition coefficient (Wildman–Crippen LogP) is 1.18. The highest BCUT2D eigenvalue weighted by Gasteiger charge is 2.81. The average Bonchev–Trinajstić information content (AvgIpc) is 3.76. The maximum absolute atomic E-state index is 12.8. The quantitative estimate of drug-likeness (QED) is 0.0917. The third-order valence-electron chi connectivity index (χ3n) is 18.6. The van der Waals surface area contributed by atoms with Crippen molar-refractivity contribution >= 4 is 5.97 Å². The molecule has 0 radical (unpaired) electrons. The van der Waals surface area contributed by atoms with Crippen LogP contribution in [0.25, 0.3) is 0 Å². The number of ether oxygens (including phenoxy) is 9. The van der Waals surface area contributed by atoms with Gasteiger partial charge in [0.1, 0.15) is 54.9 Å². The van der Waals surface area contributed by atoms with Crippen LogP contribution in [0, 0.1) is 45.3 Å². The number of rotatable bonds is 9. The van der Waals surface area contributed by atoms with Gasteiger partial charge < -0.3 is 83.5 Å². The third-order valence-corrected chi connectivity index (χ3v) is 18.6. The molecule has 2 bridgehead atoms. The van der Waals surface area contributed by atoms with Gasteiger partial charge in [0.05, 0.1) is 44.2 Å². The van der Waals surface area contributed by atoms with E-state index in [0.717, 1.165) is 44.1 Å². The van der Waals surface area contributed by atoms with Gasteiger partial charge in [-0.25, -0.2) is 0 Å². The zero-order valence-electron chi connectivity index (χ0n) is 39.7. The zero-order valence-corrected chi connectivity index (χ0v) is 39.7. The van der Waals surface area contributed by atoms with Crippen LogP contribution < -0.4 is 0 Å². The number of aliphatic hydroxyl groups excluding tert-OH is 7. The SMILES string of the molecule is CC(=O)O[C@H]1[C@H](O[C@H]2CC[C@]3(C)[C@H]4CC[C@@H]5[C@@H]6[C@]7(C[C@@]5(CO7)[C@]4(C)CC[C@H]3C2(C)C)O[C@@H](C=C(C)C)C[C@]6(C)O)OC[C@H](O)[C@@H]1O[C@@H]1O[C@H](CO)[C@@H](O)[C@H](O)[C@H]1O[C@@H]1OC[C@@H](O)[C@H](O)[C@H]1O. The second kappa shape index (κ2) is 17.4. The van der Waals surface area contributed by atoms with Crippen molar-refractivity contribution < 1.29 is 88.3 Å². The average molecular weight is 941 g/mol. The van der Waals surface area contributed by atoms with Gasteiger partial charge in [-0.2, -0.15) is 0 Å². The molecule has 66 heavy (non-hydrogen) atoms. The van der Waals surface area contributed by atoms with E-state index in [1.165, 1.54) is 6.92 Å². The summed E-state index contributed by atoms with van der Waals surface area (Å²) in [5.74, 6) is -0.730. The molecule has 0 unspecified atom stereocenters. The van der Waals surface area contributed by atoms with Crippen LogP contribution in [-0.2, 0) is 47.4 Å². The molecule has 8 N–H and O–H groups in total. The Balaban J connectivity index is 0.939. The molecule has 18 nitrogen and oxygen atoms in total. The summed E-state index contributed by atoms with van der Waals surface area (Å²) in [7, 11) is 0. The monoisotopic (exact) mass is 941 g/mol. The summed E-state index contributed by atoms with van der Waals surface area (Å²) < 4.78 is 56.1. The lowest BCUT2D eigenvalue weighted by Crippen LogP contribution is -2.67. The highest BCUT2D eigenvalue weighted by Crippen LogP contribution is 2.80. The molecule has 0 aromatic carbocycles. The Labute approximate surface area is 387 Å².